The van der Waals surface area contributed by atoms with Gasteiger partial charge in [-0.25, -0.2) is 4.79 Å². The zero-order valence-electron chi connectivity index (χ0n) is 8.58. The first-order chi connectivity index (χ1) is 6.65. The van der Waals surface area contributed by atoms with Crippen molar-refractivity contribution in [2.24, 2.45) is 0 Å². The van der Waals surface area contributed by atoms with Gasteiger partial charge in [0.15, 0.2) is 0 Å². The van der Waals surface area contributed by atoms with E-state index in [9.17, 15) is 4.79 Å². The molecule has 0 saturated heterocycles. The van der Waals surface area contributed by atoms with Crippen molar-refractivity contribution in [3.8, 4) is 6.07 Å². The van der Waals surface area contributed by atoms with E-state index in [2.05, 4.69) is 12.6 Å². The Morgan fingerprint density at radius 3 is 2.71 bits per heavy atom. The van der Waals surface area contributed by atoms with Gasteiger partial charge in [0, 0.05) is 12.0 Å². The summed E-state index contributed by atoms with van der Waals surface area (Å²) in [7, 11) is 0. The molecule has 0 amide bonds. The van der Waals surface area contributed by atoms with Crippen LogP contribution in [-0.4, -0.2) is 23.6 Å². The monoisotopic (exact) mass is 213 g/mol. The Kier molecular flexibility index (Phi) is 6.95. The lowest BCUT2D eigenvalue weighted by Gasteiger charge is -2.08. The molecule has 0 spiro atoms. The molecule has 0 aromatic carbocycles. The van der Waals surface area contributed by atoms with Crippen LogP contribution in [0.5, 0.6) is 0 Å². The maximum atomic E-state index is 11.2. The predicted molar refractivity (Wildman–Crippen MR) is 57.9 cm³/mol. The van der Waals surface area contributed by atoms with Gasteiger partial charge in [-0.15, -0.1) is 11.8 Å². The standard InChI is InChI=1S/C10H15NO2S/c1-4-13-10(12)8(3)6-9(7-11)14-5-2/h9H,3-6H2,1-2H3. The van der Waals surface area contributed by atoms with Crippen LogP contribution in [0.2, 0.25) is 0 Å². The molecule has 1 atom stereocenters. The van der Waals surface area contributed by atoms with Gasteiger partial charge in [-0.05, 0) is 12.7 Å². The predicted octanol–water partition coefficient (Wildman–Crippen LogP) is 2.14. The summed E-state index contributed by atoms with van der Waals surface area (Å²) in [5.41, 5.74) is 0.374. The summed E-state index contributed by atoms with van der Waals surface area (Å²) in [6.07, 6.45) is 0.383. The zero-order chi connectivity index (χ0) is 11.0. The lowest BCUT2D eigenvalue weighted by Crippen LogP contribution is -2.11. The number of carbonyl (C=O) groups excluding carboxylic acids is 1. The van der Waals surface area contributed by atoms with E-state index in [1.165, 1.54) is 11.8 Å². The van der Waals surface area contributed by atoms with Gasteiger partial charge in [0.05, 0.1) is 17.9 Å². The molecule has 0 aliphatic heterocycles. The van der Waals surface area contributed by atoms with Gasteiger partial charge in [0.2, 0.25) is 0 Å². The van der Waals surface area contributed by atoms with E-state index < -0.39 is 5.97 Å². The van der Waals surface area contributed by atoms with Crippen LogP contribution in [0.4, 0.5) is 0 Å². The molecule has 0 aliphatic carbocycles. The molecule has 0 N–H and O–H groups in total. The number of ether oxygens (including phenoxy) is 1. The molecule has 0 aromatic heterocycles. The highest BCUT2D eigenvalue weighted by Gasteiger charge is 2.14. The Morgan fingerprint density at radius 2 is 2.29 bits per heavy atom. The molecule has 14 heavy (non-hydrogen) atoms. The van der Waals surface area contributed by atoms with Crippen LogP contribution in [0.3, 0.4) is 0 Å². The van der Waals surface area contributed by atoms with E-state index in [0.29, 0.717) is 18.6 Å². The Morgan fingerprint density at radius 1 is 1.64 bits per heavy atom. The topological polar surface area (TPSA) is 50.1 Å². The first-order valence-corrected chi connectivity index (χ1v) is 5.56. The maximum Gasteiger partial charge on any atom is 0.333 e. The second kappa shape index (κ2) is 7.45. The van der Waals surface area contributed by atoms with Crippen molar-refractivity contribution < 1.29 is 9.53 Å². The van der Waals surface area contributed by atoms with Crippen molar-refractivity contribution in [1.82, 2.24) is 0 Å². The fraction of sp³-hybridized carbons (Fsp3) is 0.600. The molecule has 0 radical (unpaired) electrons. The summed E-state index contributed by atoms with van der Waals surface area (Å²) in [5.74, 6) is 0.457. The van der Waals surface area contributed by atoms with Crippen LogP contribution in [-0.2, 0) is 9.53 Å². The number of hydrogen-bond donors (Lipinski definition) is 0. The molecule has 0 rings (SSSR count). The number of nitrogens with zero attached hydrogens (tertiary/aromatic N) is 1. The quantitative estimate of drug-likeness (QED) is 0.501. The van der Waals surface area contributed by atoms with Gasteiger partial charge in [0.1, 0.15) is 0 Å². The largest absolute Gasteiger partial charge is 0.463 e. The van der Waals surface area contributed by atoms with Crippen LogP contribution >= 0.6 is 11.8 Å². The Balaban J connectivity index is 4.03. The van der Waals surface area contributed by atoms with Crippen molar-refractivity contribution in [1.29, 1.82) is 5.26 Å². The fourth-order valence-corrected chi connectivity index (χ4v) is 1.68. The molecule has 0 heterocycles. The highest BCUT2D eigenvalue weighted by Crippen LogP contribution is 2.17. The van der Waals surface area contributed by atoms with Crippen LogP contribution in [0.15, 0.2) is 12.2 Å². The molecule has 0 aliphatic rings. The van der Waals surface area contributed by atoms with Crippen molar-refractivity contribution in [2.45, 2.75) is 25.5 Å². The average molecular weight is 213 g/mol. The highest BCUT2D eigenvalue weighted by molar-refractivity contribution is 8.00. The van der Waals surface area contributed by atoms with Gasteiger partial charge in [-0.2, -0.15) is 5.26 Å². The minimum Gasteiger partial charge on any atom is -0.463 e. The zero-order valence-corrected chi connectivity index (χ0v) is 9.39. The first-order valence-electron chi connectivity index (χ1n) is 4.51. The normalized spacial score (nSPS) is 11.5. The van der Waals surface area contributed by atoms with Crippen LogP contribution < -0.4 is 0 Å². The molecule has 0 saturated carbocycles. The van der Waals surface area contributed by atoms with E-state index >= 15 is 0 Å². The molecule has 0 bridgehead atoms. The molecule has 3 nitrogen and oxygen atoms in total. The Labute approximate surface area is 89.1 Å². The molecule has 0 aromatic rings. The number of esters is 1. The molecular formula is C10H15NO2S. The third-order valence-corrected chi connectivity index (χ3v) is 2.52. The van der Waals surface area contributed by atoms with Crippen molar-refractivity contribution in [3.05, 3.63) is 12.2 Å². The van der Waals surface area contributed by atoms with Gasteiger partial charge < -0.3 is 4.74 Å². The van der Waals surface area contributed by atoms with E-state index in [0.717, 1.165) is 5.75 Å². The summed E-state index contributed by atoms with van der Waals surface area (Å²) >= 11 is 1.51. The summed E-state index contributed by atoms with van der Waals surface area (Å²) in [6, 6.07) is 2.13. The second-order valence-electron chi connectivity index (χ2n) is 2.60. The van der Waals surface area contributed by atoms with Gasteiger partial charge >= 0.3 is 5.97 Å². The van der Waals surface area contributed by atoms with Gasteiger partial charge in [-0.1, -0.05) is 13.5 Å². The lowest BCUT2D eigenvalue weighted by molar-refractivity contribution is -0.138. The minimum absolute atomic E-state index is 0.197. The van der Waals surface area contributed by atoms with Crippen LogP contribution in [0.1, 0.15) is 20.3 Å². The molecule has 0 fully saturated rings. The van der Waals surface area contributed by atoms with E-state index in [1.807, 2.05) is 6.92 Å². The second-order valence-corrected chi connectivity index (χ2v) is 4.08. The van der Waals surface area contributed by atoms with Gasteiger partial charge in [-0.3, -0.25) is 0 Å². The van der Waals surface area contributed by atoms with Crippen LogP contribution in [0, 0.1) is 11.3 Å². The third-order valence-electron chi connectivity index (χ3n) is 1.51. The number of thioether (sulfide) groups is 1. The lowest BCUT2D eigenvalue weighted by atomic mass is 10.2. The number of hydrogen-bond acceptors (Lipinski definition) is 4. The highest BCUT2D eigenvalue weighted by atomic mass is 32.2. The van der Waals surface area contributed by atoms with Crippen molar-refractivity contribution in [3.63, 3.8) is 0 Å². The van der Waals surface area contributed by atoms with Crippen LogP contribution in [0.25, 0.3) is 0 Å². The van der Waals surface area contributed by atoms with E-state index in [1.54, 1.807) is 6.92 Å². The smallest absolute Gasteiger partial charge is 0.333 e. The number of nitriles is 1. The average Bonchev–Trinajstić information content (AvgIpc) is 2.17. The summed E-state index contributed by atoms with van der Waals surface area (Å²) in [5, 5.41) is 8.56. The number of carbonyl (C=O) groups is 1. The maximum absolute atomic E-state index is 11.2. The molecule has 4 heteroatoms. The minimum atomic E-state index is -0.399. The summed E-state index contributed by atoms with van der Waals surface area (Å²) in [4.78, 5) is 11.2. The molecule has 1 unspecified atom stereocenters. The SMILES string of the molecule is C=C(CC(C#N)SCC)C(=O)OCC. The van der Waals surface area contributed by atoms with Crippen molar-refractivity contribution >= 4 is 17.7 Å². The molecule has 78 valence electrons. The van der Waals surface area contributed by atoms with Crippen molar-refractivity contribution in [2.75, 3.05) is 12.4 Å². The van der Waals surface area contributed by atoms with Gasteiger partial charge in [0.25, 0.3) is 0 Å². The Bertz CT molecular complexity index is 245. The fourth-order valence-electron chi connectivity index (χ4n) is 0.883. The Hall–Kier alpha value is -0.950. The van der Waals surface area contributed by atoms with E-state index in [4.69, 9.17) is 10.00 Å². The summed E-state index contributed by atoms with van der Waals surface area (Å²) < 4.78 is 4.77. The summed E-state index contributed by atoms with van der Waals surface area (Å²) in [6.45, 7) is 7.67. The first kappa shape index (κ1) is 13.1. The molecular weight excluding hydrogens is 198 g/mol. The third kappa shape index (κ3) is 4.93. The van der Waals surface area contributed by atoms with E-state index in [-0.39, 0.29) is 5.25 Å². The number of rotatable bonds is 6.